The van der Waals surface area contributed by atoms with Crippen LogP contribution in [0.4, 0.5) is 22.7 Å². The van der Waals surface area contributed by atoms with Gasteiger partial charge in [-0.15, -0.1) is 0 Å². The van der Waals surface area contributed by atoms with Crippen molar-refractivity contribution >= 4 is 33.8 Å². The Kier molecular flexibility index (Phi) is 3.12. The van der Waals surface area contributed by atoms with Crippen molar-refractivity contribution in [1.82, 2.24) is 10.3 Å². The van der Waals surface area contributed by atoms with Crippen LogP contribution in [0.15, 0.2) is 35.0 Å². The second-order valence-corrected chi connectivity index (χ2v) is 5.91. The number of rotatable bonds is 3. The summed E-state index contributed by atoms with van der Waals surface area (Å²) in [5.41, 5.74) is 4.06. The van der Waals surface area contributed by atoms with Gasteiger partial charge >= 0.3 is 5.69 Å². The van der Waals surface area contributed by atoms with Gasteiger partial charge in [0, 0.05) is 26.3 Å². The number of aromatic nitrogens is 2. The monoisotopic (exact) mass is 325 g/mol. The lowest BCUT2D eigenvalue weighted by molar-refractivity contribution is -0.382. The maximum atomic E-state index is 11.5. The SMILES string of the molecule is CN(C)c1cc(N2CCc3ccccc32)c2nonc2c1[N+](=O)[O-]. The molecule has 0 atom stereocenters. The summed E-state index contributed by atoms with van der Waals surface area (Å²) in [6.45, 7) is 0.784. The van der Waals surface area contributed by atoms with Crippen molar-refractivity contribution in [2.45, 2.75) is 6.42 Å². The standard InChI is InChI=1S/C16H15N5O3/c1-19(2)13-9-12(14-15(18-24-17-14)16(13)21(22)23)20-8-7-10-5-3-4-6-11(10)20/h3-6,9H,7-8H2,1-2H3. The Morgan fingerprint density at radius 1 is 1.21 bits per heavy atom. The van der Waals surface area contributed by atoms with Crippen LogP contribution in [0.1, 0.15) is 5.56 Å². The number of anilines is 3. The lowest BCUT2D eigenvalue weighted by Crippen LogP contribution is -2.17. The van der Waals surface area contributed by atoms with Gasteiger partial charge in [0.1, 0.15) is 5.69 Å². The summed E-state index contributed by atoms with van der Waals surface area (Å²) in [6.07, 6.45) is 0.914. The van der Waals surface area contributed by atoms with Gasteiger partial charge in [-0.2, -0.15) is 0 Å². The van der Waals surface area contributed by atoms with Crippen molar-refractivity contribution in [2.24, 2.45) is 0 Å². The number of hydrogen-bond acceptors (Lipinski definition) is 7. The fraction of sp³-hybridized carbons (Fsp3) is 0.250. The van der Waals surface area contributed by atoms with Crippen molar-refractivity contribution in [3.05, 3.63) is 46.0 Å². The molecule has 0 N–H and O–H groups in total. The van der Waals surface area contributed by atoms with E-state index in [2.05, 4.69) is 21.3 Å². The number of fused-ring (bicyclic) bond motifs is 2. The Morgan fingerprint density at radius 2 is 1.96 bits per heavy atom. The Hall–Kier alpha value is -3.16. The second kappa shape index (κ2) is 5.19. The molecule has 2 aromatic carbocycles. The number of benzene rings is 2. The number of nitro groups is 1. The molecule has 0 unspecified atom stereocenters. The second-order valence-electron chi connectivity index (χ2n) is 5.91. The van der Waals surface area contributed by atoms with E-state index in [1.807, 2.05) is 18.2 Å². The zero-order valence-corrected chi connectivity index (χ0v) is 13.3. The summed E-state index contributed by atoms with van der Waals surface area (Å²) in [5, 5.41) is 19.2. The summed E-state index contributed by atoms with van der Waals surface area (Å²) in [6, 6.07) is 9.90. The Balaban J connectivity index is 1.99. The zero-order valence-electron chi connectivity index (χ0n) is 13.3. The largest absolute Gasteiger partial charge is 0.372 e. The Bertz CT molecular complexity index is 950. The normalized spacial score (nSPS) is 13.3. The molecule has 0 saturated heterocycles. The van der Waals surface area contributed by atoms with E-state index in [9.17, 15) is 10.1 Å². The smallest absolute Gasteiger partial charge is 0.323 e. The highest BCUT2D eigenvalue weighted by Crippen LogP contribution is 2.43. The average molecular weight is 325 g/mol. The lowest BCUT2D eigenvalue weighted by Gasteiger charge is -2.22. The fourth-order valence-electron chi connectivity index (χ4n) is 3.21. The van der Waals surface area contributed by atoms with Crippen molar-refractivity contribution in [3.8, 4) is 0 Å². The molecule has 3 aromatic rings. The molecule has 0 spiro atoms. The minimum Gasteiger partial charge on any atom is -0.372 e. The highest BCUT2D eigenvalue weighted by atomic mass is 16.6. The van der Waals surface area contributed by atoms with Crippen LogP contribution in [0.5, 0.6) is 0 Å². The average Bonchev–Trinajstić information content (AvgIpc) is 3.20. The Morgan fingerprint density at radius 3 is 2.71 bits per heavy atom. The maximum absolute atomic E-state index is 11.5. The molecule has 0 bridgehead atoms. The summed E-state index contributed by atoms with van der Waals surface area (Å²) in [7, 11) is 3.53. The highest BCUT2D eigenvalue weighted by Gasteiger charge is 2.31. The van der Waals surface area contributed by atoms with E-state index in [0.717, 1.165) is 24.3 Å². The van der Waals surface area contributed by atoms with Gasteiger partial charge in [-0.3, -0.25) is 10.1 Å². The third kappa shape index (κ3) is 1.99. The van der Waals surface area contributed by atoms with Crippen molar-refractivity contribution < 1.29 is 9.55 Å². The molecular weight excluding hydrogens is 310 g/mol. The van der Waals surface area contributed by atoms with E-state index >= 15 is 0 Å². The third-order valence-corrected chi connectivity index (χ3v) is 4.31. The van der Waals surface area contributed by atoms with Crippen molar-refractivity contribution in [2.75, 3.05) is 30.4 Å². The van der Waals surface area contributed by atoms with E-state index < -0.39 is 4.92 Å². The minimum absolute atomic E-state index is 0.0903. The first-order valence-corrected chi connectivity index (χ1v) is 7.54. The third-order valence-electron chi connectivity index (χ3n) is 4.31. The van der Waals surface area contributed by atoms with Gasteiger partial charge in [-0.1, -0.05) is 18.2 Å². The van der Waals surface area contributed by atoms with E-state index in [0.29, 0.717) is 11.2 Å². The summed E-state index contributed by atoms with van der Waals surface area (Å²) >= 11 is 0. The molecule has 1 aliphatic heterocycles. The van der Waals surface area contributed by atoms with Crippen LogP contribution in [0, 0.1) is 10.1 Å². The predicted molar refractivity (Wildman–Crippen MR) is 89.9 cm³/mol. The first kappa shape index (κ1) is 14.4. The number of hydrogen-bond donors (Lipinski definition) is 0. The molecule has 1 aliphatic rings. The topological polar surface area (TPSA) is 88.5 Å². The highest BCUT2D eigenvalue weighted by molar-refractivity contribution is 6.01. The summed E-state index contributed by atoms with van der Waals surface area (Å²) in [4.78, 5) is 14.9. The minimum atomic E-state index is -0.441. The van der Waals surface area contributed by atoms with Gasteiger partial charge in [-0.05, 0) is 34.4 Å². The molecule has 0 amide bonds. The molecule has 0 aliphatic carbocycles. The molecule has 8 heteroatoms. The van der Waals surface area contributed by atoms with E-state index in [1.165, 1.54) is 5.56 Å². The van der Waals surface area contributed by atoms with Crippen LogP contribution < -0.4 is 9.80 Å². The predicted octanol–water partition coefficient (Wildman–Crippen LogP) is 2.89. The molecule has 8 nitrogen and oxygen atoms in total. The Labute approximate surface area is 137 Å². The zero-order chi connectivity index (χ0) is 16.8. The molecule has 1 aromatic heterocycles. The molecule has 24 heavy (non-hydrogen) atoms. The number of nitrogens with zero attached hydrogens (tertiary/aromatic N) is 5. The molecule has 2 heterocycles. The fourth-order valence-corrected chi connectivity index (χ4v) is 3.21. The lowest BCUT2D eigenvalue weighted by atomic mass is 10.1. The number of nitro benzene ring substituents is 1. The number of para-hydroxylation sites is 1. The van der Waals surface area contributed by atoms with Gasteiger partial charge in [0.25, 0.3) is 0 Å². The quantitative estimate of drug-likeness (QED) is 0.540. The van der Waals surface area contributed by atoms with Crippen LogP contribution in [0.2, 0.25) is 0 Å². The molecule has 0 saturated carbocycles. The van der Waals surface area contributed by atoms with Crippen LogP contribution in [0.3, 0.4) is 0 Å². The molecular formula is C16H15N5O3. The van der Waals surface area contributed by atoms with E-state index in [1.54, 1.807) is 25.1 Å². The summed E-state index contributed by atoms with van der Waals surface area (Å²) in [5.74, 6) is 0. The van der Waals surface area contributed by atoms with Gasteiger partial charge < -0.3 is 9.80 Å². The molecule has 0 radical (unpaired) electrons. The van der Waals surface area contributed by atoms with Gasteiger partial charge in [0.15, 0.2) is 5.52 Å². The van der Waals surface area contributed by atoms with Crippen LogP contribution in [-0.4, -0.2) is 35.9 Å². The summed E-state index contributed by atoms with van der Waals surface area (Å²) < 4.78 is 4.83. The molecule has 4 rings (SSSR count). The van der Waals surface area contributed by atoms with E-state index in [4.69, 9.17) is 4.63 Å². The van der Waals surface area contributed by atoms with Crippen LogP contribution in [0.25, 0.3) is 11.0 Å². The van der Waals surface area contributed by atoms with Crippen LogP contribution >= 0.6 is 0 Å². The first-order valence-electron chi connectivity index (χ1n) is 7.54. The maximum Gasteiger partial charge on any atom is 0.323 e. The van der Waals surface area contributed by atoms with Crippen molar-refractivity contribution in [3.63, 3.8) is 0 Å². The van der Waals surface area contributed by atoms with Gasteiger partial charge in [0.05, 0.1) is 10.6 Å². The van der Waals surface area contributed by atoms with Crippen molar-refractivity contribution in [1.29, 1.82) is 0 Å². The van der Waals surface area contributed by atoms with E-state index in [-0.39, 0.29) is 11.2 Å². The first-order chi connectivity index (χ1) is 11.6. The molecule has 0 fully saturated rings. The van der Waals surface area contributed by atoms with Gasteiger partial charge in [-0.25, -0.2) is 4.63 Å². The van der Waals surface area contributed by atoms with Gasteiger partial charge in [0.2, 0.25) is 5.52 Å². The van der Waals surface area contributed by atoms with Crippen LogP contribution in [-0.2, 0) is 6.42 Å². The molecule has 122 valence electrons.